The first-order valence-electron chi connectivity index (χ1n) is 8.26. The molecular formula is C18H24O9. The largest absolute Gasteiger partial charge is 0.493 e. The molecule has 1 aromatic carbocycles. The molecule has 2 rings (SSSR count). The van der Waals surface area contributed by atoms with E-state index in [9.17, 15) is 25.2 Å². The molecule has 0 bridgehead atoms. The molecule has 9 nitrogen and oxygen atoms in total. The van der Waals surface area contributed by atoms with Gasteiger partial charge in [0.25, 0.3) is 0 Å². The fraction of sp³-hybridized carbons (Fsp3) is 0.500. The second-order valence-corrected chi connectivity index (χ2v) is 6.34. The minimum Gasteiger partial charge on any atom is -0.493 e. The number of carbonyl (C=O) groups is 1. The highest BCUT2D eigenvalue weighted by molar-refractivity contribution is 5.77. The van der Waals surface area contributed by atoms with Crippen LogP contribution in [0.3, 0.4) is 0 Å². The predicted molar refractivity (Wildman–Crippen MR) is 93.3 cm³/mol. The van der Waals surface area contributed by atoms with Crippen LogP contribution in [0, 0.1) is 0 Å². The highest BCUT2D eigenvalue weighted by Crippen LogP contribution is 2.32. The molecule has 1 aromatic rings. The number of carboxylic acid groups (broad SMARTS) is 1. The summed E-state index contributed by atoms with van der Waals surface area (Å²) in [5.74, 6) is -0.497. The smallest absolute Gasteiger partial charge is 0.335 e. The zero-order valence-electron chi connectivity index (χ0n) is 15.0. The van der Waals surface area contributed by atoms with Crippen LogP contribution in [0.15, 0.2) is 24.3 Å². The van der Waals surface area contributed by atoms with Crippen molar-refractivity contribution in [3.05, 3.63) is 29.8 Å². The maximum atomic E-state index is 11.2. The third-order valence-electron chi connectivity index (χ3n) is 4.43. The summed E-state index contributed by atoms with van der Waals surface area (Å²) in [6.07, 6.45) is -3.89. The lowest BCUT2D eigenvalue weighted by Gasteiger charge is -2.40. The summed E-state index contributed by atoms with van der Waals surface area (Å²) >= 11 is 0. The van der Waals surface area contributed by atoms with E-state index in [0.29, 0.717) is 17.1 Å². The number of rotatable bonds is 7. The van der Waals surface area contributed by atoms with Gasteiger partial charge in [-0.3, -0.25) is 0 Å². The number of carboxylic acids is 1. The van der Waals surface area contributed by atoms with Crippen molar-refractivity contribution in [1.29, 1.82) is 0 Å². The van der Waals surface area contributed by atoms with Gasteiger partial charge in [0.05, 0.1) is 26.4 Å². The van der Waals surface area contributed by atoms with Gasteiger partial charge in [-0.25, -0.2) is 4.79 Å². The molecule has 150 valence electrons. The van der Waals surface area contributed by atoms with Crippen molar-refractivity contribution in [1.82, 2.24) is 0 Å². The minimum absolute atomic E-state index is 0.470. The van der Waals surface area contributed by atoms with Gasteiger partial charge in [-0.15, -0.1) is 0 Å². The average molecular weight is 384 g/mol. The molecule has 9 heteroatoms. The highest BCUT2D eigenvalue weighted by Gasteiger charge is 2.49. The molecule has 1 unspecified atom stereocenters. The predicted octanol–water partition coefficient (Wildman–Crippen LogP) is -0.248. The Morgan fingerprint density at radius 2 is 1.89 bits per heavy atom. The van der Waals surface area contributed by atoms with E-state index in [1.807, 2.05) is 0 Å². The van der Waals surface area contributed by atoms with Gasteiger partial charge in [-0.05, 0) is 23.8 Å². The van der Waals surface area contributed by atoms with Crippen molar-refractivity contribution in [3.8, 4) is 11.5 Å². The van der Waals surface area contributed by atoms with E-state index in [-0.39, 0.29) is 0 Å². The number of aliphatic carboxylic acids is 1. The lowest BCUT2D eigenvalue weighted by Crippen LogP contribution is -2.57. The van der Waals surface area contributed by atoms with Crippen molar-refractivity contribution >= 4 is 12.0 Å². The van der Waals surface area contributed by atoms with E-state index in [1.54, 1.807) is 18.2 Å². The van der Waals surface area contributed by atoms with Gasteiger partial charge in [-0.2, -0.15) is 0 Å². The molecule has 5 N–H and O–H groups in total. The van der Waals surface area contributed by atoms with Gasteiger partial charge in [0.15, 0.2) is 23.4 Å². The van der Waals surface area contributed by atoms with Crippen LogP contribution >= 0.6 is 0 Å². The van der Waals surface area contributed by atoms with Crippen molar-refractivity contribution in [2.24, 2.45) is 0 Å². The Morgan fingerprint density at radius 3 is 2.48 bits per heavy atom. The van der Waals surface area contributed by atoms with Crippen LogP contribution in [0.1, 0.15) is 18.4 Å². The third kappa shape index (κ3) is 4.96. The first-order valence-corrected chi connectivity index (χ1v) is 8.26. The number of aliphatic hydroxyl groups is 4. The molecule has 0 amide bonds. The SMILES string of the molecule is COc1ccc(/C=C/C(O)O[C@@H]2C[C@](O)(C(=O)O)C[C@@H](O)[C@H]2O)cc1OC. The molecule has 1 aliphatic rings. The monoisotopic (exact) mass is 384 g/mol. The summed E-state index contributed by atoms with van der Waals surface area (Å²) in [5.41, 5.74) is -1.57. The molecule has 1 aliphatic carbocycles. The summed E-state index contributed by atoms with van der Waals surface area (Å²) in [7, 11) is 3.00. The van der Waals surface area contributed by atoms with Crippen LogP contribution in [0.2, 0.25) is 0 Å². The summed E-state index contributed by atoms with van der Waals surface area (Å²) in [5, 5.41) is 48.9. The standard InChI is InChI=1S/C18H24O9/c1-25-12-5-3-10(7-13(12)26-2)4-6-15(20)27-14-9-18(24,17(22)23)8-11(19)16(14)21/h3-7,11,14-16,19-21,24H,8-9H2,1-2H3,(H,22,23)/b6-4+/t11-,14-,15?,16-,18+/m1/s1. The molecular weight excluding hydrogens is 360 g/mol. The minimum atomic E-state index is -2.24. The van der Waals surface area contributed by atoms with Gasteiger partial charge < -0.3 is 39.7 Å². The average Bonchev–Trinajstić information content (AvgIpc) is 2.63. The topological polar surface area (TPSA) is 146 Å². The molecule has 0 spiro atoms. The normalized spacial score (nSPS) is 29.5. The zero-order chi connectivity index (χ0) is 20.2. The molecule has 0 saturated heterocycles. The Kier molecular flexibility index (Phi) is 6.79. The first-order chi connectivity index (χ1) is 12.7. The number of hydrogen-bond acceptors (Lipinski definition) is 8. The van der Waals surface area contributed by atoms with Gasteiger partial charge in [0.1, 0.15) is 6.10 Å². The molecule has 0 radical (unpaired) electrons. The molecule has 1 saturated carbocycles. The van der Waals surface area contributed by atoms with Crippen LogP contribution in [0.25, 0.3) is 6.08 Å². The molecule has 0 aromatic heterocycles. The van der Waals surface area contributed by atoms with E-state index < -0.39 is 49.0 Å². The Hall–Kier alpha value is -2.17. The van der Waals surface area contributed by atoms with E-state index in [4.69, 9.17) is 19.3 Å². The Bertz CT molecular complexity index is 689. The van der Waals surface area contributed by atoms with Gasteiger partial charge in [0.2, 0.25) is 0 Å². The van der Waals surface area contributed by atoms with Gasteiger partial charge in [0, 0.05) is 12.8 Å². The van der Waals surface area contributed by atoms with Crippen molar-refractivity contribution < 1.29 is 44.5 Å². The fourth-order valence-electron chi connectivity index (χ4n) is 2.93. The fourth-order valence-corrected chi connectivity index (χ4v) is 2.93. The number of methoxy groups -OCH3 is 2. The number of hydrogen-bond donors (Lipinski definition) is 5. The Labute approximate surface area is 156 Å². The van der Waals surface area contributed by atoms with E-state index in [2.05, 4.69) is 0 Å². The molecule has 0 aliphatic heterocycles. The summed E-state index contributed by atoms with van der Waals surface area (Å²) in [4.78, 5) is 11.2. The molecule has 5 atom stereocenters. The Balaban J connectivity index is 2.06. The molecule has 27 heavy (non-hydrogen) atoms. The maximum Gasteiger partial charge on any atom is 0.335 e. The number of ether oxygens (including phenoxy) is 3. The maximum absolute atomic E-state index is 11.2. The van der Waals surface area contributed by atoms with Crippen molar-refractivity contribution in [2.75, 3.05) is 14.2 Å². The summed E-state index contributed by atoms with van der Waals surface area (Å²) in [6, 6.07) is 5.07. The van der Waals surface area contributed by atoms with Crippen molar-refractivity contribution in [3.63, 3.8) is 0 Å². The van der Waals surface area contributed by atoms with E-state index >= 15 is 0 Å². The van der Waals surface area contributed by atoms with Crippen LogP contribution in [-0.4, -0.2) is 75.9 Å². The molecule has 1 fully saturated rings. The van der Waals surface area contributed by atoms with Crippen LogP contribution < -0.4 is 9.47 Å². The number of aliphatic hydroxyl groups excluding tert-OH is 3. The molecule has 0 heterocycles. The van der Waals surface area contributed by atoms with Crippen LogP contribution in [-0.2, 0) is 9.53 Å². The third-order valence-corrected chi connectivity index (χ3v) is 4.43. The summed E-state index contributed by atoms with van der Waals surface area (Å²) in [6.45, 7) is 0. The van der Waals surface area contributed by atoms with Crippen molar-refractivity contribution in [2.45, 2.75) is 43.0 Å². The zero-order valence-corrected chi connectivity index (χ0v) is 15.0. The second-order valence-electron chi connectivity index (χ2n) is 6.34. The van der Waals surface area contributed by atoms with E-state index in [1.165, 1.54) is 26.4 Å². The lowest BCUT2D eigenvalue weighted by molar-refractivity contribution is -0.216. The number of benzene rings is 1. The quantitative estimate of drug-likeness (QED) is 0.402. The van der Waals surface area contributed by atoms with Crippen LogP contribution in [0.4, 0.5) is 0 Å². The van der Waals surface area contributed by atoms with Crippen LogP contribution in [0.5, 0.6) is 11.5 Å². The highest BCUT2D eigenvalue weighted by atomic mass is 16.6. The summed E-state index contributed by atoms with van der Waals surface area (Å²) < 4.78 is 15.5. The first kappa shape index (κ1) is 21.1. The lowest BCUT2D eigenvalue weighted by atomic mass is 9.79. The Morgan fingerprint density at radius 1 is 1.22 bits per heavy atom. The van der Waals surface area contributed by atoms with E-state index in [0.717, 1.165) is 0 Å². The second kappa shape index (κ2) is 8.68. The van der Waals surface area contributed by atoms with Gasteiger partial charge >= 0.3 is 5.97 Å². The van der Waals surface area contributed by atoms with Gasteiger partial charge in [-0.1, -0.05) is 12.1 Å².